The number of Topliss-reactive ketones (excluding diaryl/α,β-unsaturated/α-hetero) is 2. The molecule has 0 aromatic heterocycles. The summed E-state index contributed by atoms with van der Waals surface area (Å²) in [5.41, 5.74) is 0.612. The molecular weight excluding hydrogens is 282 g/mol. The van der Waals surface area contributed by atoms with E-state index in [0.29, 0.717) is 10.6 Å². The first-order chi connectivity index (χ1) is 8.20. The molecule has 0 aliphatic heterocycles. The van der Waals surface area contributed by atoms with Crippen LogP contribution >= 0.6 is 11.6 Å². The molecule has 0 heterocycles. The number of carbonyl (C=O) groups excluding carboxylic acids is 2. The van der Waals surface area contributed by atoms with Crippen LogP contribution in [-0.2, 0) is 0 Å². The van der Waals surface area contributed by atoms with Crippen molar-refractivity contribution in [2.24, 2.45) is 0 Å². The molecule has 0 atom stereocenters. The molecule has 2 aromatic carbocycles. The first-order valence-electron chi connectivity index (χ1n) is 5.09. The van der Waals surface area contributed by atoms with Gasteiger partial charge in [0, 0.05) is 70.2 Å². The fraction of sp³-hybridized carbons (Fsp3) is 0. The number of rotatable bonds is 3. The summed E-state index contributed by atoms with van der Waals surface area (Å²) >= 11 is 5.88. The van der Waals surface area contributed by atoms with Crippen molar-refractivity contribution < 1.29 is 9.59 Å². The molecule has 0 amide bonds. The molecule has 0 saturated heterocycles. The van der Waals surface area contributed by atoms with Gasteiger partial charge in [0.25, 0.3) is 0 Å². The van der Waals surface area contributed by atoms with Gasteiger partial charge < -0.3 is 0 Å². The number of benzene rings is 2. The van der Waals surface area contributed by atoms with E-state index in [-0.39, 0.29) is 64.7 Å². The van der Waals surface area contributed by atoms with Gasteiger partial charge in [-0.2, -0.15) is 0 Å². The molecule has 0 aliphatic rings. The smallest absolute Gasteiger partial charge is 0.235 e. The van der Waals surface area contributed by atoms with Crippen LogP contribution in [0.25, 0.3) is 0 Å². The summed E-state index contributed by atoms with van der Waals surface area (Å²) in [5, 5.41) is 0.293. The van der Waals surface area contributed by atoms with Crippen LogP contribution in [0.5, 0.6) is 0 Å². The number of halogens is 1. The first-order valence-corrected chi connectivity index (χ1v) is 5.46. The van der Waals surface area contributed by atoms with Crippen LogP contribution in [-0.4, -0.2) is 70.7 Å². The quantitative estimate of drug-likeness (QED) is 0.495. The average Bonchev–Trinajstić information content (AvgIpc) is 2.39. The van der Waals surface area contributed by atoms with Gasteiger partial charge in [-0.25, -0.2) is 0 Å². The van der Waals surface area contributed by atoms with Gasteiger partial charge >= 0.3 is 0 Å². The molecule has 2 radical (unpaired) electrons. The molecule has 2 aromatic rings. The number of ketones is 2. The maximum Gasteiger partial charge on any atom is 0.235 e. The summed E-state index contributed by atoms with van der Waals surface area (Å²) < 4.78 is 0. The van der Waals surface area contributed by atoms with Crippen molar-refractivity contribution in [3.8, 4) is 0 Å². The first kappa shape index (κ1) is 19.1. The van der Waals surface area contributed by atoms with Gasteiger partial charge in [-0.3, -0.25) is 9.59 Å². The van der Waals surface area contributed by atoms with Gasteiger partial charge in [0.05, 0.1) is 5.02 Å². The third-order valence-corrected chi connectivity index (χ3v) is 2.69. The SMILES string of the molecule is O=C(C(=O)c1ccccc1Cl)c1ccccc1.[Na].[Na]. The van der Waals surface area contributed by atoms with E-state index in [1.165, 1.54) is 0 Å². The molecule has 86 valence electrons. The number of hydrogen-bond acceptors (Lipinski definition) is 2. The number of hydrogen-bond donors (Lipinski definition) is 0. The van der Waals surface area contributed by atoms with Gasteiger partial charge in [0.15, 0.2) is 0 Å². The molecule has 5 heteroatoms. The zero-order valence-electron chi connectivity index (χ0n) is 10.9. The van der Waals surface area contributed by atoms with Gasteiger partial charge in [-0.05, 0) is 12.1 Å². The van der Waals surface area contributed by atoms with Gasteiger partial charge in [0.2, 0.25) is 11.6 Å². The molecule has 0 N–H and O–H groups in total. The Balaban J connectivity index is 0.00000162. The molecule has 0 aliphatic carbocycles. The summed E-state index contributed by atoms with van der Waals surface area (Å²) in [6.45, 7) is 0. The van der Waals surface area contributed by atoms with Gasteiger partial charge in [0.1, 0.15) is 0 Å². The minimum atomic E-state index is -0.582. The molecule has 0 spiro atoms. The normalized spacial score (nSPS) is 8.89. The van der Waals surface area contributed by atoms with E-state index < -0.39 is 11.6 Å². The van der Waals surface area contributed by atoms with Crippen LogP contribution in [0.2, 0.25) is 5.02 Å². The molecule has 0 fully saturated rings. The second-order valence-corrected chi connectivity index (χ2v) is 3.91. The Kier molecular flexibility index (Phi) is 9.12. The van der Waals surface area contributed by atoms with Gasteiger partial charge in [-0.15, -0.1) is 0 Å². The molecule has 0 bridgehead atoms. The van der Waals surface area contributed by atoms with Crippen molar-refractivity contribution in [1.82, 2.24) is 0 Å². The molecule has 0 unspecified atom stereocenters. The molecule has 2 rings (SSSR count). The van der Waals surface area contributed by atoms with E-state index in [2.05, 4.69) is 0 Å². The maximum absolute atomic E-state index is 11.9. The van der Waals surface area contributed by atoms with E-state index >= 15 is 0 Å². The van der Waals surface area contributed by atoms with Crippen molar-refractivity contribution in [3.63, 3.8) is 0 Å². The molecule has 19 heavy (non-hydrogen) atoms. The van der Waals surface area contributed by atoms with E-state index in [1.807, 2.05) is 0 Å². The fourth-order valence-electron chi connectivity index (χ4n) is 1.49. The minimum Gasteiger partial charge on any atom is -0.285 e. The molecule has 0 saturated carbocycles. The van der Waals surface area contributed by atoms with Crippen molar-refractivity contribution in [2.45, 2.75) is 0 Å². The Labute approximate surface area is 161 Å². The summed E-state index contributed by atoms with van der Waals surface area (Å²) in [6, 6.07) is 15.0. The predicted octanol–water partition coefficient (Wildman–Crippen LogP) is 2.64. The standard InChI is InChI=1S/C14H9ClO2.2Na/c15-12-9-5-4-8-11(12)14(17)13(16)10-6-2-1-3-7-10;;/h1-9H;;. The predicted molar refractivity (Wildman–Crippen MR) is 78.1 cm³/mol. The van der Waals surface area contributed by atoms with E-state index in [1.54, 1.807) is 54.6 Å². The van der Waals surface area contributed by atoms with Crippen molar-refractivity contribution in [1.29, 1.82) is 0 Å². The van der Waals surface area contributed by atoms with Crippen LogP contribution < -0.4 is 0 Å². The Morgan fingerprint density at radius 2 is 1.26 bits per heavy atom. The van der Waals surface area contributed by atoms with Crippen molar-refractivity contribution in [2.75, 3.05) is 0 Å². The van der Waals surface area contributed by atoms with Crippen LogP contribution in [0.1, 0.15) is 20.7 Å². The van der Waals surface area contributed by atoms with Crippen LogP contribution in [0.15, 0.2) is 54.6 Å². The minimum absolute atomic E-state index is 0. The van der Waals surface area contributed by atoms with Gasteiger partial charge in [-0.1, -0.05) is 54.1 Å². The monoisotopic (exact) mass is 290 g/mol. The van der Waals surface area contributed by atoms with Crippen LogP contribution in [0.4, 0.5) is 0 Å². The maximum atomic E-state index is 11.9. The largest absolute Gasteiger partial charge is 0.285 e. The Morgan fingerprint density at radius 1 is 0.737 bits per heavy atom. The summed E-state index contributed by atoms with van der Waals surface area (Å²) in [6.07, 6.45) is 0. The Morgan fingerprint density at radius 3 is 1.84 bits per heavy atom. The fourth-order valence-corrected chi connectivity index (χ4v) is 1.71. The summed E-state index contributed by atoms with van der Waals surface area (Å²) in [4.78, 5) is 23.8. The topological polar surface area (TPSA) is 34.1 Å². The van der Waals surface area contributed by atoms with Crippen LogP contribution in [0.3, 0.4) is 0 Å². The molecule has 2 nitrogen and oxygen atoms in total. The third-order valence-electron chi connectivity index (χ3n) is 2.36. The number of carbonyl (C=O) groups is 2. The zero-order valence-corrected chi connectivity index (χ0v) is 15.6. The van der Waals surface area contributed by atoms with Crippen molar-refractivity contribution >= 4 is 82.3 Å². The zero-order chi connectivity index (χ0) is 12.3. The summed E-state index contributed by atoms with van der Waals surface area (Å²) in [7, 11) is 0. The Bertz CT molecular complexity index is 571. The second-order valence-electron chi connectivity index (χ2n) is 3.50. The van der Waals surface area contributed by atoms with E-state index in [0.717, 1.165) is 0 Å². The van der Waals surface area contributed by atoms with E-state index in [9.17, 15) is 9.59 Å². The average molecular weight is 291 g/mol. The summed E-state index contributed by atoms with van der Waals surface area (Å²) in [5.74, 6) is -1.12. The molecular formula is C14H9ClNa2O2. The van der Waals surface area contributed by atoms with Crippen molar-refractivity contribution in [3.05, 3.63) is 70.7 Å². The second kappa shape index (κ2) is 9.09. The Hall–Kier alpha value is 0.0700. The van der Waals surface area contributed by atoms with E-state index in [4.69, 9.17) is 11.6 Å². The third kappa shape index (κ3) is 4.83. The van der Waals surface area contributed by atoms with Crippen LogP contribution in [0, 0.1) is 0 Å².